The first-order valence-corrected chi connectivity index (χ1v) is 7.08. The van der Waals surface area contributed by atoms with Crippen LogP contribution in [0.5, 0.6) is 0 Å². The Kier molecular flexibility index (Phi) is 2.91. The normalized spacial score (nSPS) is 15.5. The molecule has 0 spiro atoms. The lowest BCUT2D eigenvalue weighted by atomic mass is 10.2. The molecule has 2 rings (SSSR count). The van der Waals surface area contributed by atoms with Gasteiger partial charge in [0.05, 0.1) is 22.6 Å². The second-order valence-corrected chi connectivity index (χ2v) is 6.47. The summed E-state index contributed by atoms with van der Waals surface area (Å²) in [5.41, 5.74) is 0.965. The summed E-state index contributed by atoms with van der Waals surface area (Å²) in [5, 5.41) is 8.42. The minimum absolute atomic E-state index is 0.255. The Bertz CT molecular complexity index is 559. The van der Waals surface area contributed by atoms with Crippen molar-refractivity contribution in [2.75, 3.05) is 4.72 Å². The van der Waals surface area contributed by atoms with Crippen LogP contribution in [-0.2, 0) is 10.0 Å². The molecule has 4 nitrogen and oxygen atoms in total. The molecular weight excluding hydrogens is 292 g/mol. The van der Waals surface area contributed by atoms with Gasteiger partial charge in [0.25, 0.3) is 0 Å². The van der Waals surface area contributed by atoms with Crippen LogP contribution in [0.3, 0.4) is 0 Å². The summed E-state index contributed by atoms with van der Waals surface area (Å²) in [5.74, 6) is 0. The van der Waals surface area contributed by atoms with Gasteiger partial charge in [-0.1, -0.05) is 0 Å². The topological polar surface area (TPSA) is 70.0 Å². The predicted molar refractivity (Wildman–Crippen MR) is 64.4 cm³/mol. The highest BCUT2D eigenvalue weighted by Gasteiger charge is 2.35. The fraction of sp³-hybridized carbons (Fsp3) is 0.300. The van der Waals surface area contributed by atoms with Crippen molar-refractivity contribution in [3.8, 4) is 6.07 Å². The molecule has 0 aromatic heterocycles. The van der Waals surface area contributed by atoms with Crippen molar-refractivity contribution in [1.82, 2.24) is 0 Å². The summed E-state index contributed by atoms with van der Waals surface area (Å²) < 4.78 is 26.4. The second kappa shape index (κ2) is 4.07. The second-order valence-electron chi connectivity index (χ2n) is 3.65. The van der Waals surface area contributed by atoms with Gasteiger partial charge in [0, 0.05) is 4.47 Å². The van der Waals surface area contributed by atoms with Crippen LogP contribution < -0.4 is 4.72 Å². The monoisotopic (exact) mass is 300 g/mol. The van der Waals surface area contributed by atoms with E-state index in [1.165, 1.54) is 0 Å². The van der Waals surface area contributed by atoms with Gasteiger partial charge >= 0.3 is 0 Å². The van der Waals surface area contributed by atoms with Gasteiger partial charge in [-0.15, -0.1) is 0 Å². The molecule has 1 aromatic carbocycles. The van der Waals surface area contributed by atoms with Crippen molar-refractivity contribution in [3.05, 3.63) is 28.2 Å². The van der Waals surface area contributed by atoms with Gasteiger partial charge in [-0.3, -0.25) is 4.72 Å². The molecule has 1 aliphatic carbocycles. The van der Waals surface area contributed by atoms with E-state index in [0.717, 1.165) is 12.8 Å². The first kappa shape index (κ1) is 11.4. The third kappa shape index (κ3) is 2.36. The number of halogens is 1. The van der Waals surface area contributed by atoms with Crippen molar-refractivity contribution >= 4 is 31.6 Å². The SMILES string of the molecule is N#Cc1ccc(NS(=O)(=O)C2CC2)c(Br)c1. The van der Waals surface area contributed by atoms with Crippen molar-refractivity contribution in [2.24, 2.45) is 0 Å². The van der Waals surface area contributed by atoms with Crippen molar-refractivity contribution in [1.29, 1.82) is 5.26 Å². The molecule has 1 aliphatic rings. The van der Waals surface area contributed by atoms with E-state index in [9.17, 15) is 8.42 Å². The van der Waals surface area contributed by atoms with E-state index in [2.05, 4.69) is 20.7 Å². The Morgan fingerprint density at radius 2 is 2.12 bits per heavy atom. The lowest BCUT2D eigenvalue weighted by molar-refractivity contribution is 0.600. The molecule has 0 amide bonds. The van der Waals surface area contributed by atoms with Crippen molar-refractivity contribution < 1.29 is 8.42 Å². The lowest BCUT2D eigenvalue weighted by Crippen LogP contribution is -2.17. The zero-order valence-electron chi connectivity index (χ0n) is 8.27. The van der Waals surface area contributed by atoms with Crippen LogP contribution in [-0.4, -0.2) is 13.7 Å². The van der Waals surface area contributed by atoms with E-state index in [1.807, 2.05) is 6.07 Å². The Hall–Kier alpha value is -1.06. The van der Waals surface area contributed by atoms with Gasteiger partial charge in [-0.2, -0.15) is 5.26 Å². The van der Waals surface area contributed by atoms with Gasteiger partial charge in [0.1, 0.15) is 0 Å². The average Bonchev–Trinajstić information content (AvgIpc) is 3.04. The van der Waals surface area contributed by atoms with E-state index in [-0.39, 0.29) is 5.25 Å². The van der Waals surface area contributed by atoms with Gasteiger partial charge in [-0.25, -0.2) is 8.42 Å². The number of nitriles is 1. The summed E-state index contributed by atoms with van der Waals surface area (Å²) in [6, 6.07) is 6.74. The number of rotatable bonds is 3. The largest absolute Gasteiger partial charge is 0.282 e. The number of hydrogen-bond acceptors (Lipinski definition) is 3. The van der Waals surface area contributed by atoms with Crippen molar-refractivity contribution in [3.63, 3.8) is 0 Å². The molecule has 0 saturated heterocycles. The molecule has 0 aliphatic heterocycles. The zero-order chi connectivity index (χ0) is 11.8. The first-order chi connectivity index (χ1) is 7.53. The maximum atomic E-state index is 11.7. The van der Waals surface area contributed by atoms with Crippen molar-refractivity contribution in [2.45, 2.75) is 18.1 Å². The van der Waals surface area contributed by atoms with Gasteiger partial charge in [-0.05, 0) is 47.0 Å². The Morgan fingerprint density at radius 1 is 1.44 bits per heavy atom. The highest BCUT2D eigenvalue weighted by atomic mass is 79.9. The third-order valence-electron chi connectivity index (χ3n) is 2.31. The predicted octanol–water partition coefficient (Wildman–Crippen LogP) is 2.22. The standard InChI is InChI=1S/C10H9BrN2O2S/c11-9-5-7(6-12)1-4-10(9)13-16(14,15)8-2-3-8/h1,4-5,8,13H,2-3H2. The molecule has 1 N–H and O–H groups in total. The van der Waals surface area contributed by atoms with E-state index in [4.69, 9.17) is 5.26 Å². The summed E-state index contributed by atoms with van der Waals surface area (Å²) in [6.45, 7) is 0. The van der Waals surface area contributed by atoms with Gasteiger partial charge < -0.3 is 0 Å². The van der Waals surface area contributed by atoms with Crippen LogP contribution in [0.25, 0.3) is 0 Å². The van der Waals surface area contributed by atoms with Crippen LogP contribution in [0, 0.1) is 11.3 Å². The maximum absolute atomic E-state index is 11.7. The summed E-state index contributed by atoms with van der Waals surface area (Å²) in [6.07, 6.45) is 1.45. The molecule has 6 heteroatoms. The summed E-state index contributed by atoms with van der Waals surface area (Å²) >= 11 is 3.23. The minimum atomic E-state index is -3.25. The molecule has 0 radical (unpaired) electrons. The van der Waals surface area contributed by atoms with E-state index >= 15 is 0 Å². The van der Waals surface area contributed by atoms with Gasteiger partial charge in [0.2, 0.25) is 10.0 Å². The molecule has 1 aromatic rings. The van der Waals surface area contributed by atoms with Crippen LogP contribution in [0.2, 0.25) is 0 Å². The number of sulfonamides is 1. The molecule has 1 saturated carbocycles. The molecule has 1 fully saturated rings. The molecule has 16 heavy (non-hydrogen) atoms. The smallest absolute Gasteiger partial charge is 0.235 e. The number of anilines is 1. The van der Waals surface area contributed by atoms with Crippen LogP contribution in [0.1, 0.15) is 18.4 Å². The molecule has 0 unspecified atom stereocenters. The van der Waals surface area contributed by atoms with Crippen LogP contribution in [0.4, 0.5) is 5.69 Å². The number of benzene rings is 1. The van der Waals surface area contributed by atoms with E-state index in [1.54, 1.807) is 18.2 Å². The Balaban J connectivity index is 2.26. The Labute approximate surface area is 102 Å². The highest BCUT2D eigenvalue weighted by Crippen LogP contribution is 2.32. The number of nitrogens with one attached hydrogen (secondary N) is 1. The zero-order valence-corrected chi connectivity index (χ0v) is 10.7. The Morgan fingerprint density at radius 3 is 2.62 bits per heavy atom. The lowest BCUT2D eigenvalue weighted by Gasteiger charge is -2.08. The number of nitrogens with zero attached hydrogens (tertiary/aromatic N) is 1. The van der Waals surface area contributed by atoms with E-state index < -0.39 is 10.0 Å². The maximum Gasteiger partial charge on any atom is 0.235 e. The molecule has 0 bridgehead atoms. The minimum Gasteiger partial charge on any atom is -0.282 e. The molecule has 84 valence electrons. The first-order valence-electron chi connectivity index (χ1n) is 4.74. The molecule has 0 atom stereocenters. The molecular formula is C10H9BrN2O2S. The average molecular weight is 301 g/mol. The van der Waals surface area contributed by atoms with Gasteiger partial charge in [0.15, 0.2) is 0 Å². The number of hydrogen-bond donors (Lipinski definition) is 1. The fourth-order valence-electron chi connectivity index (χ4n) is 1.28. The summed E-state index contributed by atoms with van der Waals surface area (Å²) in [4.78, 5) is 0. The summed E-state index contributed by atoms with van der Waals surface area (Å²) in [7, 11) is -3.25. The molecule has 0 heterocycles. The quantitative estimate of drug-likeness (QED) is 0.930. The van der Waals surface area contributed by atoms with Crippen LogP contribution >= 0.6 is 15.9 Å². The fourth-order valence-corrected chi connectivity index (χ4v) is 3.30. The third-order valence-corrected chi connectivity index (χ3v) is 4.82. The van der Waals surface area contributed by atoms with E-state index in [0.29, 0.717) is 15.7 Å². The highest BCUT2D eigenvalue weighted by molar-refractivity contribution is 9.10. The van der Waals surface area contributed by atoms with Crippen LogP contribution in [0.15, 0.2) is 22.7 Å².